The van der Waals surface area contributed by atoms with E-state index in [1.165, 1.54) is 29.6 Å². The molecule has 0 atom stereocenters. The number of imidazole rings is 1. The van der Waals surface area contributed by atoms with E-state index in [4.69, 9.17) is 4.74 Å². The highest BCUT2D eigenvalue weighted by atomic mass is 16.5. The summed E-state index contributed by atoms with van der Waals surface area (Å²) in [6.07, 6.45) is 8.58. The topological polar surface area (TPSA) is 56.1 Å². The number of aromatic nitrogens is 4. The Labute approximate surface area is 146 Å². The van der Waals surface area contributed by atoms with Crippen molar-refractivity contribution in [2.75, 3.05) is 18.6 Å². The maximum atomic E-state index is 5.27. The highest BCUT2D eigenvalue weighted by Crippen LogP contribution is 2.36. The van der Waals surface area contributed by atoms with E-state index in [-0.39, 0.29) is 0 Å². The molecule has 6 nitrogen and oxygen atoms in total. The van der Waals surface area contributed by atoms with Crippen molar-refractivity contribution < 1.29 is 4.74 Å². The van der Waals surface area contributed by atoms with Crippen molar-refractivity contribution in [1.82, 2.24) is 19.5 Å². The van der Waals surface area contributed by atoms with E-state index in [0.29, 0.717) is 11.8 Å². The van der Waals surface area contributed by atoms with Gasteiger partial charge in [-0.25, -0.2) is 9.97 Å². The average Bonchev–Trinajstić information content (AvgIpc) is 3.40. The summed E-state index contributed by atoms with van der Waals surface area (Å²) in [7, 11) is 1.64. The molecule has 2 aliphatic rings. The zero-order valence-electron chi connectivity index (χ0n) is 14.4. The van der Waals surface area contributed by atoms with Crippen molar-refractivity contribution in [2.24, 2.45) is 5.92 Å². The molecule has 0 saturated heterocycles. The minimum atomic E-state index is 0.594. The van der Waals surface area contributed by atoms with E-state index in [1.807, 2.05) is 6.33 Å². The number of aryl methyl sites for hydroxylation is 1. The van der Waals surface area contributed by atoms with Crippen LogP contribution in [0.25, 0.3) is 11.0 Å². The number of hydrogen-bond acceptors (Lipinski definition) is 5. The van der Waals surface area contributed by atoms with Crippen LogP contribution < -0.4 is 9.64 Å². The summed E-state index contributed by atoms with van der Waals surface area (Å²) in [4.78, 5) is 15.8. The second-order valence-electron chi connectivity index (χ2n) is 6.96. The smallest absolute Gasteiger partial charge is 0.233 e. The lowest BCUT2D eigenvalue weighted by Crippen LogP contribution is -2.26. The van der Waals surface area contributed by atoms with E-state index in [9.17, 15) is 0 Å². The lowest BCUT2D eigenvalue weighted by atomic mass is 10.0. The predicted molar refractivity (Wildman–Crippen MR) is 96.4 cm³/mol. The Hall–Kier alpha value is -2.63. The van der Waals surface area contributed by atoms with Crippen LogP contribution in [-0.4, -0.2) is 33.2 Å². The Morgan fingerprint density at radius 3 is 3.00 bits per heavy atom. The van der Waals surface area contributed by atoms with E-state index in [1.54, 1.807) is 19.4 Å². The van der Waals surface area contributed by atoms with Crippen LogP contribution in [0.3, 0.4) is 0 Å². The first kappa shape index (κ1) is 14.7. The van der Waals surface area contributed by atoms with Gasteiger partial charge in [0.25, 0.3) is 0 Å². The summed E-state index contributed by atoms with van der Waals surface area (Å²) in [5, 5.41) is 0. The van der Waals surface area contributed by atoms with Crippen LogP contribution in [0.1, 0.15) is 24.8 Å². The third-order valence-corrected chi connectivity index (χ3v) is 5.16. The zero-order valence-corrected chi connectivity index (χ0v) is 14.4. The second-order valence-corrected chi connectivity index (χ2v) is 6.96. The van der Waals surface area contributed by atoms with Crippen molar-refractivity contribution >= 4 is 22.7 Å². The molecule has 1 aromatic carbocycles. The van der Waals surface area contributed by atoms with Crippen LogP contribution in [0.4, 0.5) is 11.6 Å². The molecule has 0 spiro atoms. The Balaban J connectivity index is 1.60. The number of fused-ring (bicyclic) bond motifs is 2. The molecule has 0 radical (unpaired) electrons. The van der Waals surface area contributed by atoms with Crippen LogP contribution in [0.5, 0.6) is 5.88 Å². The average molecular weight is 335 g/mol. The van der Waals surface area contributed by atoms with Gasteiger partial charge in [-0.1, -0.05) is 0 Å². The van der Waals surface area contributed by atoms with Crippen LogP contribution in [0.2, 0.25) is 0 Å². The highest BCUT2D eigenvalue weighted by Gasteiger charge is 2.25. The first-order valence-corrected chi connectivity index (χ1v) is 8.94. The van der Waals surface area contributed by atoms with E-state index in [2.05, 4.69) is 36.6 Å². The van der Waals surface area contributed by atoms with Crippen LogP contribution >= 0.6 is 0 Å². The van der Waals surface area contributed by atoms with Gasteiger partial charge >= 0.3 is 0 Å². The van der Waals surface area contributed by atoms with Crippen LogP contribution in [0, 0.1) is 5.92 Å². The number of rotatable bonds is 4. The van der Waals surface area contributed by atoms with Crippen LogP contribution in [-0.2, 0) is 13.0 Å². The van der Waals surface area contributed by atoms with Gasteiger partial charge in [0.2, 0.25) is 11.8 Å². The second kappa shape index (κ2) is 5.72. The molecule has 3 heterocycles. The third-order valence-electron chi connectivity index (χ3n) is 5.16. The summed E-state index contributed by atoms with van der Waals surface area (Å²) in [6.45, 7) is 1.99. The largest absolute Gasteiger partial charge is 0.481 e. The minimum Gasteiger partial charge on any atom is -0.481 e. The van der Waals surface area contributed by atoms with Gasteiger partial charge in [-0.05, 0) is 49.3 Å². The van der Waals surface area contributed by atoms with Crippen molar-refractivity contribution in [3.8, 4) is 5.88 Å². The van der Waals surface area contributed by atoms with Crippen molar-refractivity contribution in [2.45, 2.75) is 32.2 Å². The number of nitrogens with zero attached hydrogens (tertiary/aromatic N) is 5. The first-order chi connectivity index (χ1) is 12.3. The molecule has 6 heteroatoms. The molecule has 0 amide bonds. The van der Waals surface area contributed by atoms with E-state index in [0.717, 1.165) is 37.4 Å². The summed E-state index contributed by atoms with van der Waals surface area (Å²) < 4.78 is 7.57. The van der Waals surface area contributed by atoms with Gasteiger partial charge in [-0.15, -0.1) is 0 Å². The lowest BCUT2D eigenvalue weighted by Gasteiger charge is -2.29. The third kappa shape index (κ3) is 2.62. The Morgan fingerprint density at radius 2 is 2.16 bits per heavy atom. The molecule has 1 aliphatic carbocycles. The maximum Gasteiger partial charge on any atom is 0.233 e. The van der Waals surface area contributed by atoms with Gasteiger partial charge in [0, 0.05) is 31.0 Å². The molecule has 0 unspecified atom stereocenters. The predicted octanol–water partition coefficient (Wildman–Crippen LogP) is 3.33. The zero-order chi connectivity index (χ0) is 16.8. The van der Waals surface area contributed by atoms with Gasteiger partial charge in [0.05, 0.1) is 24.5 Å². The van der Waals surface area contributed by atoms with E-state index < -0.39 is 0 Å². The lowest BCUT2D eigenvalue weighted by molar-refractivity contribution is 0.397. The molecular weight excluding hydrogens is 314 g/mol. The quantitative estimate of drug-likeness (QED) is 0.732. The normalized spacial score (nSPS) is 16.9. The van der Waals surface area contributed by atoms with Gasteiger partial charge < -0.3 is 14.2 Å². The standard InChI is InChI=1S/C19H21N5O/c1-25-18-6-7-20-19(22-18)24-8-2-3-14-9-15-17(10-16(14)24)23(12-21-15)11-13-4-5-13/h6-7,9-10,12-13H,2-5,8,11H2,1H3. The van der Waals surface area contributed by atoms with Gasteiger partial charge in [-0.2, -0.15) is 4.98 Å². The van der Waals surface area contributed by atoms with E-state index >= 15 is 0 Å². The number of hydrogen-bond donors (Lipinski definition) is 0. The van der Waals surface area contributed by atoms with Gasteiger partial charge in [0.1, 0.15) is 0 Å². The number of ether oxygens (including phenoxy) is 1. The molecule has 1 saturated carbocycles. The summed E-state index contributed by atoms with van der Waals surface area (Å²) in [6, 6.07) is 6.28. The molecule has 128 valence electrons. The molecule has 5 rings (SSSR count). The molecule has 25 heavy (non-hydrogen) atoms. The molecule has 1 aliphatic heterocycles. The first-order valence-electron chi connectivity index (χ1n) is 8.94. The SMILES string of the molecule is COc1ccnc(N2CCCc3cc4ncn(CC5CC5)c4cc32)n1. The van der Waals surface area contributed by atoms with Crippen LogP contribution in [0.15, 0.2) is 30.7 Å². The Bertz CT molecular complexity index is 931. The molecule has 2 aromatic heterocycles. The van der Waals surface area contributed by atoms with Gasteiger partial charge in [0.15, 0.2) is 0 Å². The minimum absolute atomic E-state index is 0.594. The highest BCUT2D eigenvalue weighted by molar-refractivity contribution is 5.83. The molecule has 0 N–H and O–H groups in total. The molecular formula is C19H21N5O. The molecule has 1 fully saturated rings. The Morgan fingerprint density at radius 1 is 1.24 bits per heavy atom. The molecule has 0 bridgehead atoms. The van der Waals surface area contributed by atoms with Crippen molar-refractivity contribution in [1.29, 1.82) is 0 Å². The van der Waals surface area contributed by atoms with Gasteiger partial charge in [-0.3, -0.25) is 0 Å². The summed E-state index contributed by atoms with van der Waals surface area (Å²) in [5.74, 6) is 2.12. The fraction of sp³-hybridized carbons (Fsp3) is 0.421. The summed E-state index contributed by atoms with van der Waals surface area (Å²) >= 11 is 0. The Kier molecular flexibility index (Phi) is 3.36. The van der Waals surface area contributed by atoms with Crippen molar-refractivity contribution in [3.05, 3.63) is 36.3 Å². The summed E-state index contributed by atoms with van der Waals surface area (Å²) in [5.41, 5.74) is 4.82. The molecule has 3 aromatic rings. The number of anilines is 2. The monoisotopic (exact) mass is 335 g/mol. The fourth-order valence-electron chi connectivity index (χ4n) is 3.64. The number of methoxy groups -OCH3 is 1. The fourth-order valence-corrected chi connectivity index (χ4v) is 3.64. The number of benzene rings is 1. The maximum absolute atomic E-state index is 5.27. The van der Waals surface area contributed by atoms with Crippen molar-refractivity contribution in [3.63, 3.8) is 0 Å².